The molecule has 1 aromatic heterocycles. The van der Waals surface area contributed by atoms with E-state index in [1.807, 2.05) is 0 Å². The summed E-state index contributed by atoms with van der Waals surface area (Å²) in [5.41, 5.74) is -0.299. The van der Waals surface area contributed by atoms with Crippen LogP contribution in [-0.4, -0.2) is 15.5 Å². The fourth-order valence-corrected chi connectivity index (χ4v) is 0.956. The van der Waals surface area contributed by atoms with Crippen LogP contribution in [0.4, 0.5) is 8.78 Å². The Balaban J connectivity index is 2.64. The van der Waals surface area contributed by atoms with Gasteiger partial charge in [0.05, 0.1) is 5.56 Å². The summed E-state index contributed by atoms with van der Waals surface area (Å²) in [4.78, 5) is 0. The molecule has 0 radical (unpaired) electrons. The van der Waals surface area contributed by atoms with Gasteiger partial charge in [-0.05, 0) is 12.1 Å². The standard InChI is InChI=1S/C7H3F2N4/c8-4-2-1-3-5(9)6(4)7-10-12-13-11-7/h1-3H/q-1. The predicted molar refractivity (Wildman–Crippen MR) is 38.5 cm³/mol. The second-order valence-electron chi connectivity index (χ2n) is 2.30. The van der Waals surface area contributed by atoms with Gasteiger partial charge in [0.25, 0.3) is 0 Å². The zero-order chi connectivity index (χ0) is 9.26. The molecule has 1 heterocycles. The van der Waals surface area contributed by atoms with E-state index in [1.165, 1.54) is 6.07 Å². The molecule has 13 heavy (non-hydrogen) atoms. The van der Waals surface area contributed by atoms with Crippen molar-refractivity contribution in [3.05, 3.63) is 29.8 Å². The van der Waals surface area contributed by atoms with E-state index in [4.69, 9.17) is 0 Å². The molecule has 1 aromatic carbocycles. The summed E-state index contributed by atoms with van der Waals surface area (Å²) in [7, 11) is 0. The van der Waals surface area contributed by atoms with Gasteiger partial charge in [0.1, 0.15) is 11.6 Å². The number of halogens is 2. The van der Waals surface area contributed by atoms with Crippen LogP contribution >= 0.6 is 0 Å². The molecule has 6 heteroatoms. The molecule has 2 aromatic rings. The largest absolute Gasteiger partial charge is 0.330 e. The second kappa shape index (κ2) is 2.89. The summed E-state index contributed by atoms with van der Waals surface area (Å²) >= 11 is 0. The summed E-state index contributed by atoms with van der Waals surface area (Å²) in [5.74, 6) is -1.60. The molecule has 0 N–H and O–H groups in total. The molecule has 66 valence electrons. The van der Waals surface area contributed by atoms with Gasteiger partial charge in [0.15, 0.2) is 0 Å². The Morgan fingerprint density at radius 1 is 1.15 bits per heavy atom. The highest BCUT2D eigenvalue weighted by Gasteiger charge is 2.08. The maximum absolute atomic E-state index is 13.0. The number of nitrogens with zero attached hydrogens (tertiary/aromatic N) is 4. The predicted octanol–water partition coefficient (Wildman–Crippen LogP) is 0.774. The average molecular weight is 181 g/mol. The van der Waals surface area contributed by atoms with Crippen LogP contribution in [0.3, 0.4) is 0 Å². The molecule has 0 atom stereocenters. The van der Waals surface area contributed by atoms with Crippen LogP contribution in [0.5, 0.6) is 0 Å². The van der Waals surface area contributed by atoms with Gasteiger partial charge in [-0.25, -0.2) is 8.78 Å². The Morgan fingerprint density at radius 3 is 2.38 bits per heavy atom. The first-order chi connectivity index (χ1) is 6.29. The van der Waals surface area contributed by atoms with Crippen LogP contribution < -0.4 is 5.10 Å². The molecule has 0 unspecified atom stereocenters. The minimum atomic E-state index is -0.727. The molecule has 0 bridgehead atoms. The molecule has 0 amide bonds. The van der Waals surface area contributed by atoms with Crippen molar-refractivity contribution < 1.29 is 8.78 Å². The first-order valence-corrected chi connectivity index (χ1v) is 3.42. The Kier molecular flexibility index (Phi) is 1.73. The number of rotatable bonds is 1. The number of hydrogen-bond acceptors (Lipinski definition) is 3. The van der Waals surface area contributed by atoms with E-state index in [0.29, 0.717) is 0 Å². The number of aromatic nitrogens is 4. The van der Waals surface area contributed by atoms with Crippen molar-refractivity contribution in [3.63, 3.8) is 0 Å². The van der Waals surface area contributed by atoms with Gasteiger partial charge < -0.3 is 5.10 Å². The maximum Gasteiger partial charge on any atom is 0.134 e. The monoisotopic (exact) mass is 181 g/mol. The summed E-state index contributed by atoms with van der Waals surface area (Å²) in [5, 5.41) is 13.0. The Hall–Kier alpha value is -1.85. The van der Waals surface area contributed by atoms with E-state index in [-0.39, 0.29) is 11.4 Å². The Labute approximate surface area is 71.6 Å². The SMILES string of the molecule is Fc1cccc(F)c1-c1nnn[n-]1. The van der Waals surface area contributed by atoms with Gasteiger partial charge in [0, 0.05) is 5.82 Å². The van der Waals surface area contributed by atoms with Crippen LogP contribution in [-0.2, 0) is 0 Å². The lowest BCUT2D eigenvalue weighted by Gasteiger charge is -2.02. The van der Waals surface area contributed by atoms with Crippen molar-refractivity contribution in [2.24, 2.45) is 0 Å². The van der Waals surface area contributed by atoms with E-state index in [2.05, 4.69) is 20.6 Å². The van der Waals surface area contributed by atoms with Crippen LogP contribution in [0.1, 0.15) is 0 Å². The smallest absolute Gasteiger partial charge is 0.134 e. The van der Waals surface area contributed by atoms with Gasteiger partial charge in [0.2, 0.25) is 0 Å². The second-order valence-corrected chi connectivity index (χ2v) is 2.30. The molecule has 0 aliphatic rings. The fourth-order valence-electron chi connectivity index (χ4n) is 0.956. The van der Waals surface area contributed by atoms with Crippen LogP contribution in [0, 0.1) is 11.6 Å². The van der Waals surface area contributed by atoms with Crippen molar-refractivity contribution in [2.45, 2.75) is 0 Å². The zero-order valence-corrected chi connectivity index (χ0v) is 6.28. The molecule has 0 saturated carbocycles. The van der Waals surface area contributed by atoms with Crippen LogP contribution in [0.15, 0.2) is 18.2 Å². The van der Waals surface area contributed by atoms with E-state index in [0.717, 1.165) is 12.1 Å². The van der Waals surface area contributed by atoms with E-state index in [1.54, 1.807) is 0 Å². The summed E-state index contributed by atoms with van der Waals surface area (Å²) in [6, 6.07) is 3.50. The highest BCUT2D eigenvalue weighted by Crippen LogP contribution is 2.20. The Morgan fingerprint density at radius 2 is 1.85 bits per heavy atom. The molecular weight excluding hydrogens is 178 g/mol. The first-order valence-electron chi connectivity index (χ1n) is 3.42. The summed E-state index contributed by atoms with van der Waals surface area (Å²) in [6.07, 6.45) is 0. The van der Waals surface area contributed by atoms with Crippen molar-refractivity contribution >= 4 is 0 Å². The minimum absolute atomic E-state index is 0.143. The van der Waals surface area contributed by atoms with Gasteiger partial charge in [-0.1, -0.05) is 6.07 Å². The topological polar surface area (TPSA) is 52.8 Å². The van der Waals surface area contributed by atoms with Crippen molar-refractivity contribution in [1.82, 2.24) is 20.6 Å². The molecule has 0 spiro atoms. The summed E-state index contributed by atoms with van der Waals surface area (Å²) < 4.78 is 26.1. The van der Waals surface area contributed by atoms with Crippen molar-refractivity contribution in [2.75, 3.05) is 0 Å². The molecule has 0 aliphatic carbocycles. The normalized spacial score (nSPS) is 10.3. The van der Waals surface area contributed by atoms with Crippen LogP contribution in [0.2, 0.25) is 0 Å². The molecule has 0 saturated heterocycles. The molecular formula is C7H3F2N4-. The number of tetrazole rings is 1. The zero-order valence-electron chi connectivity index (χ0n) is 6.28. The molecule has 4 nitrogen and oxygen atoms in total. The third-order valence-electron chi connectivity index (χ3n) is 1.51. The van der Waals surface area contributed by atoms with Gasteiger partial charge in [-0.2, -0.15) is 5.21 Å². The van der Waals surface area contributed by atoms with Crippen LogP contribution in [0.25, 0.3) is 11.4 Å². The minimum Gasteiger partial charge on any atom is -0.330 e. The first kappa shape index (κ1) is 7.78. The quantitative estimate of drug-likeness (QED) is 0.652. The third kappa shape index (κ3) is 1.26. The van der Waals surface area contributed by atoms with Crippen molar-refractivity contribution in [1.29, 1.82) is 0 Å². The van der Waals surface area contributed by atoms with Gasteiger partial charge >= 0.3 is 0 Å². The number of hydrogen-bond donors (Lipinski definition) is 0. The maximum atomic E-state index is 13.0. The van der Waals surface area contributed by atoms with E-state index < -0.39 is 11.6 Å². The number of benzene rings is 1. The lowest BCUT2D eigenvalue weighted by atomic mass is 10.2. The fraction of sp³-hybridized carbons (Fsp3) is 0. The lowest BCUT2D eigenvalue weighted by Crippen LogP contribution is -1.92. The van der Waals surface area contributed by atoms with Gasteiger partial charge in [-0.15, -0.1) is 0 Å². The lowest BCUT2D eigenvalue weighted by molar-refractivity contribution is 0.587. The Bertz CT molecular complexity index is 392. The summed E-state index contributed by atoms with van der Waals surface area (Å²) in [6.45, 7) is 0. The highest BCUT2D eigenvalue weighted by molar-refractivity contribution is 5.55. The highest BCUT2D eigenvalue weighted by atomic mass is 19.1. The molecule has 0 fully saturated rings. The van der Waals surface area contributed by atoms with E-state index in [9.17, 15) is 8.78 Å². The third-order valence-corrected chi connectivity index (χ3v) is 1.51. The van der Waals surface area contributed by atoms with Gasteiger partial charge in [-0.3, -0.25) is 10.3 Å². The average Bonchev–Trinajstić information content (AvgIpc) is 2.57. The van der Waals surface area contributed by atoms with Crippen molar-refractivity contribution in [3.8, 4) is 11.4 Å². The molecule has 2 rings (SSSR count). The molecule has 0 aliphatic heterocycles. The van der Waals surface area contributed by atoms with E-state index >= 15 is 0 Å².